The fourth-order valence-corrected chi connectivity index (χ4v) is 2.13. The summed E-state index contributed by atoms with van der Waals surface area (Å²) in [4.78, 5) is 0. The van der Waals surface area contributed by atoms with Crippen LogP contribution >= 0.6 is 11.6 Å². The van der Waals surface area contributed by atoms with Gasteiger partial charge in [-0.15, -0.1) is 11.6 Å². The molecule has 0 nitrogen and oxygen atoms in total. The van der Waals surface area contributed by atoms with Crippen molar-refractivity contribution in [2.45, 2.75) is 11.6 Å². The molecule has 0 radical (unpaired) electrons. The molecule has 0 saturated heterocycles. The summed E-state index contributed by atoms with van der Waals surface area (Å²) in [6.45, 7) is 0. The van der Waals surface area contributed by atoms with Gasteiger partial charge in [0.1, 0.15) is 17.5 Å². The predicted molar refractivity (Wildman–Crippen MR) is 65.5 cm³/mol. The fourth-order valence-electron chi connectivity index (χ4n) is 1.79. The van der Waals surface area contributed by atoms with Crippen LogP contribution in [0.2, 0.25) is 0 Å². The Labute approximate surface area is 121 Å². The molecular weight excluding hydrogens is 318 g/mol. The van der Waals surface area contributed by atoms with E-state index in [9.17, 15) is 26.3 Å². The van der Waals surface area contributed by atoms with E-state index in [1.54, 1.807) is 0 Å². The molecular formula is C14H7ClF6. The van der Waals surface area contributed by atoms with Crippen LogP contribution in [0.4, 0.5) is 26.3 Å². The molecule has 112 valence electrons. The minimum absolute atomic E-state index is 0.435. The molecule has 7 heteroatoms. The Morgan fingerprint density at radius 3 is 1.90 bits per heavy atom. The van der Waals surface area contributed by atoms with E-state index in [0.717, 1.165) is 12.1 Å². The van der Waals surface area contributed by atoms with Crippen molar-refractivity contribution in [2.24, 2.45) is 0 Å². The van der Waals surface area contributed by atoms with Gasteiger partial charge in [0.15, 0.2) is 0 Å². The van der Waals surface area contributed by atoms with Gasteiger partial charge in [-0.05, 0) is 36.4 Å². The average Bonchev–Trinajstić information content (AvgIpc) is 2.40. The number of hydrogen-bond acceptors (Lipinski definition) is 0. The second kappa shape index (κ2) is 5.60. The summed E-state index contributed by atoms with van der Waals surface area (Å²) in [6.07, 6.45) is -4.69. The monoisotopic (exact) mass is 324 g/mol. The SMILES string of the molecule is Fc1ccc(F)c(C(Cl)c2cc(C(F)(F)F)ccc2F)c1. The number of benzene rings is 2. The van der Waals surface area contributed by atoms with Gasteiger partial charge in [0.25, 0.3) is 0 Å². The van der Waals surface area contributed by atoms with Gasteiger partial charge in [-0.1, -0.05) is 0 Å². The van der Waals surface area contributed by atoms with Crippen molar-refractivity contribution >= 4 is 11.6 Å². The summed E-state index contributed by atoms with van der Waals surface area (Å²) >= 11 is 5.82. The third kappa shape index (κ3) is 3.32. The third-order valence-corrected chi connectivity index (χ3v) is 3.30. The van der Waals surface area contributed by atoms with Crippen LogP contribution < -0.4 is 0 Å². The zero-order valence-electron chi connectivity index (χ0n) is 10.2. The molecule has 0 aliphatic heterocycles. The van der Waals surface area contributed by atoms with Gasteiger partial charge in [-0.3, -0.25) is 0 Å². The first-order chi connectivity index (χ1) is 9.70. The van der Waals surface area contributed by atoms with E-state index < -0.39 is 45.7 Å². The van der Waals surface area contributed by atoms with Gasteiger partial charge in [0, 0.05) is 11.1 Å². The second-order valence-corrected chi connectivity index (χ2v) is 4.70. The smallest absolute Gasteiger partial charge is 0.207 e. The number of halogens is 7. The maximum Gasteiger partial charge on any atom is 0.416 e. The fraction of sp³-hybridized carbons (Fsp3) is 0.143. The van der Waals surface area contributed by atoms with Crippen LogP contribution in [0.15, 0.2) is 36.4 Å². The Morgan fingerprint density at radius 2 is 1.33 bits per heavy atom. The Kier molecular flexibility index (Phi) is 4.18. The molecule has 0 aliphatic carbocycles. The first kappa shape index (κ1) is 15.7. The van der Waals surface area contributed by atoms with Crippen molar-refractivity contribution in [2.75, 3.05) is 0 Å². The van der Waals surface area contributed by atoms with Crippen molar-refractivity contribution < 1.29 is 26.3 Å². The summed E-state index contributed by atoms with van der Waals surface area (Å²) in [5.74, 6) is -2.80. The normalized spacial score (nSPS) is 13.3. The molecule has 0 saturated carbocycles. The molecule has 2 aromatic rings. The largest absolute Gasteiger partial charge is 0.416 e. The number of hydrogen-bond donors (Lipinski definition) is 0. The topological polar surface area (TPSA) is 0 Å². The molecule has 2 aromatic carbocycles. The summed E-state index contributed by atoms with van der Waals surface area (Å²) < 4.78 is 78.2. The van der Waals surface area contributed by atoms with Gasteiger partial charge in [-0.25, -0.2) is 13.2 Å². The molecule has 0 aromatic heterocycles. The van der Waals surface area contributed by atoms with Gasteiger partial charge in [-0.2, -0.15) is 13.2 Å². The lowest BCUT2D eigenvalue weighted by Gasteiger charge is -2.15. The Morgan fingerprint density at radius 1 is 0.810 bits per heavy atom. The first-order valence-corrected chi connectivity index (χ1v) is 6.09. The molecule has 0 fully saturated rings. The van der Waals surface area contributed by atoms with Crippen molar-refractivity contribution in [1.82, 2.24) is 0 Å². The molecule has 0 spiro atoms. The van der Waals surface area contributed by atoms with Crippen LogP contribution in [-0.2, 0) is 6.18 Å². The minimum atomic E-state index is -4.69. The van der Waals surface area contributed by atoms with Gasteiger partial charge in [0.2, 0.25) is 0 Å². The highest BCUT2D eigenvalue weighted by Crippen LogP contribution is 2.36. The summed E-state index contributed by atoms with van der Waals surface area (Å²) in [7, 11) is 0. The molecule has 21 heavy (non-hydrogen) atoms. The zero-order valence-corrected chi connectivity index (χ0v) is 10.9. The maximum atomic E-state index is 13.7. The predicted octanol–water partition coefficient (Wildman–Crippen LogP) is 5.45. The highest BCUT2D eigenvalue weighted by atomic mass is 35.5. The van der Waals surface area contributed by atoms with Crippen molar-refractivity contribution in [1.29, 1.82) is 0 Å². The van der Waals surface area contributed by atoms with Crippen LogP contribution in [0.1, 0.15) is 22.1 Å². The lowest BCUT2D eigenvalue weighted by atomic mass is 10.0. The molecule has 0 heterocycles. The lowest BCUT2D eigenvalue weighted by molar-refractivity contribution is -0.137. The van der Waals surface area contributed by atoms with Crippen molar-refractivity contribution in [3.8, 4) is 0 Å². The molecule has 2 rings (SSSR count). The van der Waals surface area contributed by atoms with Crippen LogP contribution in [0.25, 0.3) is 0 Å². The van der Waals surface area contributed by atoms with Crippen LogP contribution in [-0.4, -0.2) is 0 Å². The lowest BCUT2D eigenvalue weighted by Crippen LogP contribution is -2.08. The first-order valence-electron chi connectivity index (χ1n) is 5.66. The van der Waals surface area contributed by atoms with Crippen LogP contribution in [0, 0.1) is 17.5 Å². The summed E-state index contributed by atoms with van der Waals surface area (Å²) in [5, 5.41) is -1.58. The quantitative estimate of drug-likeness (QED) is 0.509. The van der Waals surface area contributed by atoms with E-state index in [0.29, 0.717) is 24.3 Å². The van der Waals surface area contributed by atoms with Gasteiger partial charge < -0.3 is 0 Å². The Hall–Kier alpha value is -1.69. The third-order valence-electron chi connectivity index (χ3n) is 2.83. The van der Waals surface area contributed by atoms with Gasteiger partial charge >= 0.3 is 6.18 Å². The number of rotatable bonds is 2. The van der Waals surface area contributed by atoms with Crippen molar-refractivity contribution in [3.05, 3.63) is 70.5 Å². The summed E-state index contributed by atoms with van der Waals surface area (Å²) in [6, 6.07) is 3.93. The summed E-state index contributed by atoms with van der Waals surface area (Å²) in [5.41, 5.74) is -2.13. The average molecular weight is 325 g/mol. The molecule has 1 unspecified atom stereocenters. The van der Waals surface area contributed by atoms with Crippen LogP contribution in [0.3, 0.4) is 0 Å². The van der Waals surface area contributed by atoms with E-state index in [-0.39, 0.29) is 0 Å². The van der Waals surface area contributed by atoms with E-state index in [4.69, 9.17) is 11.6 Å². The maximum absolute atomic E-state index is 13.7. The molecule has 0 bridgehead atoms. The number of alkyl halides is 4. The highest BCUT2D eigenvalue weighted by Gasteiger charge is 2.32. The van der Waals surface area contributed by atoms with Crippen molar-refractivity contribution in [3.63, 3.8) is 0 Å². The van der Waals surface area contributed by atoms with E-state index in [1.807, 2.05) is 0 Å². The second-order valence-electron chi connectivity index (χ2n) is 4.26. The molecule has 0 amide bonds. The van der Waals surface area contributed by atoms with E-state index >= 15 is 0 Å². The minimum Gasteiger partial charge on any atom is -0.207 e. The highest BCUT2D eigenvalue weighted by molar-refractivity contribution is 6.22. The van der Waals surface area contributed by atoms with Crippen LogP contribution in [0.5, 0.6) is 0 Å². The standard InChI is InChI=1S/C14H7ClF6/c15-13(10-6-8(16)2-4-12(10)18)9-5-7(14(19,20)21)1-3-11(9)17/h1-6,13H. The molecule has 1 atom stereocenters. The van der Waals surface area contributed by atoms with E-state index in [1.165, 1.54) is 0 Å². The van der Waals surface area contributed by atoms with E-state index in [2.05, 4.69) is 0 Å². The molecule has 0 aliphatic rings. The molecule has 0 N–H and O–H groups in total. The Balaban J connectivity index is 2.52. The zero-order chi connectivity index (χ0) is 15.8. The Bertz CT molecular complexity index is 665. The van der Waals surface area contributed by atoms with Gasteiger partial charge in [0.05, 0.1) is 10.9 Å².